The lowest BCUT2D eigenvalue weighted by Gasteiger charge is -2.45. The average Bonchev–Trinajstić information content (AvgIpc) is 3.03. The number of phenols is 1. The Balaban J connectivity index is 1.44. The molecule has 27 heavy (non-hydrogen) atoms. The van der Waals surface area contributed by atoms with Crippen molar-refractivity contribution >= 4 is 17.2 Å². The maximum atomic E-state index is 11.2. The van der Waals surface area contributed by atoms with Gasteiger partial charge in [-0.3, -0.25) is 10.1 Å². The van der Waals surface area contributed by atoms with Crippen LogP contribution in [0.1, 0.15) is 17.7 Å². The smallest absolute Gasteiger partial charge is 0.311 e. The van der Waals surface area contributed by atoms with Crippen LogP contribution in [0, 0.1) is 28.9 Å². The molecule has 0 aliphatic carbocycles. The van der Waals surface area contributed by atoms with Crippen LogP contribution in [0.15, 0.2) is 41.6 Å². The summed E-state index contributed by atoms with van der Waals surface area (Å²) >= 11 is 0. The molecule has 0 amide bonds. The summed E-state index contributed by atoms with van der Waals surface area (Å²) in [5.74, 6) is 6.43. The van der Waals surface area contributed by atoms with Gasteiger partial charge in [-0.15, -0.1) is 0 Å². The zero-order chi connectivity index (χ0) is 19.0. The molecule has 3 heterocycles. The molecule has 8 heteroatoms. The van der Waals surface area contributed by atoms with E-state index in [0.29, 0.717) is 36.6 Å². The van der Waals surface area contributed by atoms with E-state index in [1.54, 1.807) is 37.3 Å². The largest absolute Gasteiger partial charge is 0.508 e. The van der Waals surface area contributed by atoms with Gasteiger partial charge in [0.2, 0.25) is 5.82 Å². The van der Waals surface area contributed by atoms with E-state index in [0.717, 1.165) is 5.69 Å². The lowest BCUT2D eigenvalue weighted by Crippen LogP contribution is -2.62. The van der Waals surface area contributed by atoms with E-state index in [1.165, 1.54) is 6.07 Å². The van der Waals surface area contributed by atoms with Crippen molar-refractivity contribution in [2.24, 2.45) is 5.16 Å². The summed E-state index contributed by atoms with van der Waals surface area (Å²) in [5.41, 5.74) is 1.50. The third-order valence-corrected chi connectivity index (χ3v) is 4.48. The highest BCUT2D eigenvalue weighted by molar-refractivity contribution is 6.02. The number of hydrogen-bond donors (Lipinski definition) is 1. The Labute approximate surface area is 155 Å². The Morgan fingerprint density at radius 2 is 2.11 bits per heavy atom. The van der Waals surface area contributed by atoms with Crippen LogP contribution in [-0.2, 0) is 4.84 Å². The van der Waals surface area contributed by atoms with E-state index in [1.807, 2.05) is 4.90 Å². The number of pyridine rings is 1. The number of rotatable bonds is 2. The van der Waals surface area contributed by atoms with Crippen LogP contribution in [-0.4, -0.2) is 39.4 Å². The number of nitro groups is 1. The van der Waals surface area contributed by atoms with E-state index < -0.39 is 10.5 Å². The second kappa shape index (κ2) is 6.29. The molecule has 136 valence electrons. The minimum Gasteiger partial charge on any atom is -0.508 e. The van der Waals surface area contributed by atoms with E-state index >= 15 is 0 Å². The van der Waals surface area contributed by atoms with Crippen LogP contribution < -0.4 is 4.90 Å². The molecule has 2 aromatic rings. The van der Waals surface area contributed by atoms with Gasteiger partial charge in [-0.25, -0.2) is 4.98 Å². The van der Waals surface area contributed by atoms with Gasteiger partial charge >= 0.3 is 5.69 Å². The van der Waals surface area contributed by atoms with Gasteiger partial charge in [0.05, 0.1) is 18.0 Å². The monoisotopic (exact) mass is 364 g/mol. The molecule has 1 N–H and O–H groups in total. The number of aromatic nitrogens is 1. The lowest BCUT2D eigenvalue weighted by atomic mass is 9.88. The van der Waals surface area contributed by atoms with Crippen molar-refractivity contribution in [2.75, 3.05) is 18.0 Å². The second-order valence-electron chi connectivity index (χ2n) is 6.70. The van der Waals surface area contributed by atoms with Crippen LogP contribution in [0.4, 0.5) is 11.5 Å². The fraction of sp³-hybridized carbons (Fsp3) is 0.263. The van der Waals surface area contributed by atoms with E-state index in [2.05, 4.69) is 22.0 Å². The fourth-order valence-electron chi connectivity index (χ4n) is 3.20. The highest BCUT2D eigenvalue weighted by Crippen LogP contribution is 2.39. The number of hydrogen-bond acceptors (Lipinski definition) is 7. The number of phenolic OH excluding ortho intramolecular Hbond substituents is 1. The Bertz CT molecular complexity index is 1020. The summed E-state index contributed by atoms with van der Waals surface area (Å²) in [7, 11) is 0. The minimum absolute atomic E-state index is 0.0155. The number of aromatic hydroxyl groups is 1. The Morgan fingerprint density at radius 1 is 1.30 bits per heavy atom. The quantitative estimate of drug-likeness (QED) is 0.499. The Hall–Kier alpha value is -3.60. The summed E-state index contributed by atoms with van der Waals surface area (Å²) < 4.78 is 0. The average molecular weight is 364 g/mol. The lowest BCUT2D eigenvalue weighted by molar-refractivity contribution is -0.384. The van der Waals surface area contributed by atoms with Crippen molar-refractivity contribution in [1.29, 1.82) is 0 Å². The maximum Gasteiger partial charge on any atom is 0.311 e. The third-order valence-electron chi connectivity index (χ3n) is 4.48. The molecule has 2 aliphatic heterocycles. The fourth-order valence-corrected chi connectivity index (χ4v) is 3.20. The highest BCUT2D eigenvalue weighted by atomic mass is 16.7. The SMILES string of the molecule is Cc1ccc([N+](=O)[O-])c(N2CC3(CC(C#Cc4cccc(O)c4)=NO3)C2)n1. The van der Waals surface area contributed by atoms with Crippen LogP contribution in [0.25, 0.3) is 0 Å². The van der Waals surface area contributed by atoms with Crippen LogP contribution in [0.2, 0.25) is 0 Å². The van der Waals surface area contributed by atoms with Gasteiger partial charge < -0.3 is 14.8 Å². The van der Waals surface area contributed by atoms with Crippen LogP contribution in [0.5, 0.6) is 5.75 Å². The molecule has 0 radical (unpaired) electrons. The topological polar surface area (TPSA) is 101 Å². The molecule has 1 aromatic carbocycles. The van der Waals surface area contributed by atoms with Gasteiger partial charge in [0, 0.05) is 23.7 Å². The number of aryl methyl sites for hydroxylation is 1. The Kier molecular flexibility index (Phi) is 3.92. The predicted octanol–water partition coefficient (Wildman–Crippen LogP) is 2.39. The first-order valence-electron chi connectivity index (χ1n) is 8.37. The molecule has 1 aromatic heterocycles. The van der Waals surface area contributed by atoms with Crippen molar-refractivity contribution in [3.05, 3.63) is 57.8 Å². The van der Waals surface area contributed by atoms with Crippen molar-refractivity contribution in [1.82, 2.24) is 4.98 Å². The van der Waals surface area contributed by atoms with Crippen molar-refractivity contribution in [3.63, 3.8) is 0 Å². The maximum absolute atomic E-state index is 11.2. The minimum atomic E-state index is -0.512. The number of oxime groups is 1. The summed E-state index contributed by atoms with van der Waals surface area (Å²) in [6, 6.07) is 9.78. The molecule has 0 bridgehead atoms. The van der Waals surface area contributed by atoms with Gasteiger partial charge in [0.1, 0.15) is 11.5 Å². The summed E-state index contributed by atoms with van der Waals surface area (Å²) in [6.45, 7) is 2.73. The van der Waals surface area contributed by atoms with Gasteiger partial charge in [-0.2, -0.15) is 0 Å². The van der Waals surface area contributed by atoms with Crippen molar-refractivity contribution in [3.8, 4) is 17.6 Å². The standard InChI is InChI=1S/C19H16N4O4/c1-13-5-8-17(23(25)26)18(20-13)22-11-19(12-22)10-15(21-27-19)7-6-14-3-2-4-16(24)9-14/h2-5,8-9,24H,10-12H2,1H3. The second-order valence-corrected chi connectivity index (χ2v) is 6.70. The molecule has 0 unspecified atom stereocenters. The molecular formula is C19H16N4O4. The zero-order valence-electron chi connectivity index (χ0n) is 14.5. The first kappa shape index (κ1) is 16.8. The van der Waals surface area contributed by atoms with Gasteiger partial charge in [-0.1, -0.05) is 17.1 Å². The van der Waals surface area contributed by atoms with Gasteiger partial charge in [0.25, 0.3) is 0 Å². The van der Waals surface area contributed by atoms with E-state index in [-0.39, 0.29) is 11.4 Å². The highest BCUT2D eigenvalue weighted by Gasteiger charge is 2.51. The van der Waals surface area contributed by atoms with Crippen LogP contribution >= 0.6 is 0 Å². The number of anilines is 1. The molecule has 1 fully saturated rings. The Morgan fingerprint density at radius 3 is 2.85 bits per heavy atom. The van der Waals surface area contributed by atoms with Gasteiger partial charge in [-0.05, 0) is 37.1 Å². The predicted molar refractivity (Wildman–Crippen MR) is 98.7 cm³/mol. The van der Waals surface area contributed by atoms with E-state index in [9.17, 15) is 15.2 Å². The van der Waals surface area contributed by atoms with Crippen molar-refractivity contribution < 1.29 is 14.9 Å². The summed E-state index contributed by atoms with van der Waals surface area (Å²) in [5, 5.41) is 24.8. The molecule has 0 atom stereocenters. The normalized spacial score (nSPS) is 16.8. The number of nitrogens with zero attached hydrogens (tertiary/aromatic N) is 4. The molecule has 1 saturated heterocycles. The third kappa shape index (κ3) is 3.27. The number of benzene rings is 1. The molecule has 0 saturated carbocycles. The van der Waals surface area contributed by atoms with Crippen molar-refractivity contribution in [2.45, 2.75) is 18.9 Å². The summed E-state index contributed by atoms with van der Waals surface area (Å²) in [6.07, 6.45) is 0.537. The van der Waals surface area contributed by atoms with E-state index in [4.69, 9.17) is 4.84 Å². The van der Waals surface area contributed by atoms with Gasteiger partial charge in [0.15, 0.2) is 5.60 Å². The first-order valence-corrected chi connectivity index (χ1v) is 8.37. The van der Waals surface area contributed by atoms with Crippen LogP contribution in [0.3, 0.4) is 0 Å². The zero-order valence-corrected chi connectivity index (χ0v) is 14.5. The molecular weight excluding hydrogens is 348 g/mol. The summed E-state index contributed by atoms with van der Waals surface area (Å²) in [4.78, 5) is 22.5. The first-order chi connectivity index (χ1) is 12.9. The molecule has 4 rings (SSSR count). The molecule has 1 spiro atoms. The molecule has 8 nitrogen and oxygen atoms in total. The molecule has 2 aliphatic rings.